The van der Waals surface area contributed by atoms with Crippen LogP contribution in [0.15, 0.2) is 28.6 Å². The Morgan fingerprint density at radius 1 is 1.47 bits per heavy atom. The molecule has 2 aromatic heterocycles. The van der Waals surface area contributed by atoms with Crippen LogP contribution in [0.4, 0.5) is 5.82 Å². The van der Waals surface area contributed by atoms with Crippen molar-refractivity contribution in [3.63, 3.8) is 0 Å². The first kappa shape index (κ1) is 12.1. The molecule has 0 atom stereocenters. The summed E-state index contributed by atoms with van der Waals surface area (Å²) in [6.45, 7) is -0.163. The van der Waals surface area contributed by atoms with E-state index in [0.717, 1.165) is 11.3 Å². The van der Waals surface area contributed by atoms with E-state index in [4.69, 9.17) is 5.11 Å². The Balaban J connectivity index is 2.24. The van der Waals surface area contributed by atoms with Crippen LogP contribution in [0, 0.1) is 0 Å². The van der Waals surface area contributed by atoms with Crippen LogP contribution >= 0.6 is 11.3 Å². The smallest absolute Gasteiger partial charge is 0.272 e. The fourth-order valence-corrected chi connectivity index (χ4v) is 3.46. The van der Waals surface area contributed by atoms with E-state index >= 15 is 0 Å². The van der Waals surface area contributed by atoms with Crippen molar-refractivity contribution in [1.82, 2.24) is 9.78 Å². The first-order valence-electron chi connectivity index (χ1n) is 4.73. The van der Waals surface area contributed by atoms with Gasteiger partial charge in [0.2, 0.25) is 0 Å². The van der Waals surface area contributed by atoms with Crippen molar-refractivity contribution in [3.05, 3.63) is 29.3 Å². The molecule has 0 saturated carbocycles. The SMILES string of the molecule is Cn1ccc(NS(=O)(=O)c2ccc(CO)s2)n1. The number of hydrogen-bond acceptors (Lipinski definition) is 5. The van der Waals surface area contributed by atoms with E-state index in [1.807, 2.05) is 0 Å². The molecule has 2 rings (SSSR count). The summed E-state index contributed by atoms with van der Waals surface area (Å²) in [7, 11) is -1.91. The highest BCUT2D eigenvalue weighted by Crippen LogP contribution is 2.23. The van der Waals surface area contributed by atoms with Crippen molar-refractivity contribution in [2.75, 3.05) is 4.72 Å². The van der Waals surface area contributed by atoms with Crippen LogP contribution < -0.4 is 4.72 Å². The summed E-state index contributed by atoms with van der Waals surface area (Å²) in [5.74, 6) is 0.270. The highest BCUT2D eigenvalue weighted by molar-refractivity contribution is 7.94. The van der Waals surface area contributed by atoms with E-state index in [9.17, 15) is 8.42 Å². The van der Waals surface area contributed by atoms with Crippen LogP contribution in [0.1, 0.15) is 4.88 Å². The third-order valence-electron chi connectivity index (χ3n) is 2.01. The molecule has 17 heavy (non-hydrogen) atoms. The van der Waals surface area contributed by atoms with Gasteiger partial charge in [0.1, 0.15) is 4.21 Å². The fourth-order valence-electron chi connectivity index (χ4n) is 1.25. The van der Waals surface area contributed by atoms with Gasteiger partial charge >= 0.3 is 0 Å². The zero-order chi connectivity index (χ0) is 12.5. The molecule has 0 aliphatic carbocycles. The van der Waals surface area contributed by atoms with E-state index in [2.05, 4.69) is 9.82 Å². The van der Waals surface area contributed by atoms with Gasteiger partial charge in [-0.05, 0) is 12.1 Å². The van der Waals surface area contributed by atoms with E-state index in [1.165, 1.54) is 10.7 Å². The van der Waals surface area contributed by atoms with Gasteiger partial charge in [-0.1, -0.05) is 0 Å². The lowest BCUT2D eigenvalue weighted by Gasteiger charge is -2.01. The van der Waals surface area contributed by atoms with Crippen LogP contribution in [-0.2, 0) is 23.7 Å². The molecule has 0 aliphatic heterocycles. The number of aliphatic hydroxyl groups excluding tert-OH is 1. The standard InChI is InChI=1S/C9H11N3O3S2/c1-12-5-4-8(10-12)11-17(14,15)9-3-2-7(6-13)16-9/h2-5,13H,6H2,1H3,(H,10,11). The van der Waals surface area contributed by atoms with Crippen LogP contribution in [0.3, 0.4) is 0 Å². The average molecular weight is 273 g/mol. The number of nitrogens with one attached hydrogen (secondary N) is 1. The van der Waals surface area contributed by atoms with Crippen molar-refractivity contribution in [3.8, 4) is 0 Å². The molecule has 0 unspecified atom stereocenters. The molecule has 6 nitrogen and oxygen atoms in total. The predicted molar refractivity (Wildman–Crippen MR) is 64.3 cm³/mol. The normalized spacial score (nSPS) is 11.6. The quantitative estimate of drug-likeness (QED) is 0.862. The van der Waals surface area contributed by atoms with E-state index < -0.39 is 10.0 Å². The van der Waals surface area contributed by atoms with Gasteiger partial charge in [0.25, 0.3) is 10.0 Å². The van der Waals surface area contributed by atoms with Crippen molar-refractivity contribution < 1.29 is 13.5 Å². The largest absolute Gasteiger partial charge is 0.391 e. The number of hydrogen-bond donors (Lipinski definition) is 2. The fraction of sp³-hybridized carbons (Fsp3) is 0.222. The lowest BCUT2D eigenvalue weighted by Crippen LogP contribution is -2.12. The van der Waals surface area contributed by atoms with E-state index in [-0.39, 0.29) is 16.6 Å². The summed E-state index contributed by atoms with van der Waals surface area (Å²) < 4.78 is 27.8. The summed E-state index contributed by atoms with van der Waals surface area (Å²) in [4.78, 5) is 0.603. The summed E-state index contributed by atoms with van der Waals surface area (Å²) in [6, 6.07) is 4.61. The molecule has 0 bridgehead atoms. The second-order valence-electron chi connectivity index (χ2n) is 3.36. The number of sulfonamides is 1. The molecule has 0 fully saturated rings. The Bertz CT molecular complexity index is 615. The van der Waals surface area contributed by atoms with Gasteiger partial charge in [-0.3, -0.25) is 9.40 Å². The Kier molecular flexibility index (Phi) is 3.18. The zero-order valence-corrected chi connectivity index (χ0v) is 10.6. The maximum Gasteiger partial charge on any atom is 0.272 e. The van der Waals surface area contributed by atoms with Gasteiger partial charge in [-0.2, -0.15) is 5.10 Å². The van der Waals surface area contributed by atoms with Crippen LogP contribution in [0.25, 0.3) is 0 Å². The molecule has 92 valence electrons. The topological polar surface area (TPSA) is 84.2 Å². The Labute approximate surface area is 103 Å². The summed E-state index contributed by atoms with van der Waals surface area (Å²) >= 11 is 1.03. The number of aromatic nitrogens is 2. The van der Waals surface area contributed by atoms with Gasteiger partial charge in [-0.15, -0.1) is 11.3 Å². The molecule has 0 aromatic carbocycles. The van der Waals surface area contributed by atoms with Gasteiger partial charge in [0.15, 0.2) is 5.82 Å². The minimum atomic E-state index is -3.61. The predicted octanol–water partition coefficient (Wildman–Crippen LogP) is 0.775. The molecule has 2 N–H and O–H groups in total. The highest BCUT2D eigenvalue weighted by Gasteiger charge is 2.17. The Morgan fingerprint density at radius 3 is 2.76 bits per heavy atom. The van der Waals surface area contributed by atoms with E-state index in [0.29, 0.717) is 4.88 Å². The number of thiophene rings is 1. The van der Waals surface area contributed by atoms with Gasteiger partial charge in [-0.25, -0.2) is 8.42 Å². The molecule has 0 radical (unpaired) electrons. The summed E-state index contributed by atoms with van der Waals surface area (Å²) in [5.41, 5.74) is 0. The van der Waals surface area contributed by atoms with E-state index in [1.54, 1.807) is 25.4 Å². The lowest BCUT2D eigenvalue weighted by atomic mass is 10.5. The van der Waals surface area contributed by atoms with Crippen molar-refractivity contribution in [1.29, 1.82) is 0 Å². The summed E-state index contributed by atoms with van der Waals surface area (Å²) in [6.07, 6.45) is 1.64. The van der Waals surface area contributed by atoms with Crippen LogP contribution in [-0.4, -0.2) is 23.3 Å². The highest BCUT2D eigenvalue weighted by atomic mass is 32.2. The second-order valence-corrected chi connectivity index (χ2v) is 6.44. The molecule has 0 aliphatic rings. The summed E-state index contributed by atoms with van der Waals surface area (Å²) in [5, 5.41) is 12.8. The second kappa shape index (κ2) is 4.47. The minimum Gasteiger partial charge on any atom is -0.391 e. The molecule has 2 heterocycles. The van der Waals surface area contributed by atoms with Crippen LogP contribution in [0.5, 0.6) is 0 Å². The maximum atomic E-state index is 11.9. The first-order chi connectivity index (χ1) is 8.01. The number of aliphatic hydroxyl groups is 1. The Hall–Kier alpha value is -1.38. The maximum absolute atomic E-state index is 11.9. The van der Waals surface area contributed by atoms with Gasteiger partial charge < -0.3 is 5.11 Å². The van der Waals surface area contributed by atoms with Crippen molar-refractivity contribution >= 4 is 27.2 Å². The van der Waals surface area contributed by atoms with Crippen molar-refractivity contribution in [2.45, 2.75) is 10.8 Å². The molecule has 0 saturated heterocycles. The monoisotopic (exact) mass is 273 g/mol. The number of rotatable bonds is 4. The molecular formula is C9H11N3O3S2. The van der Waals surface area contributed by atoms with Crippen LogP contribution in [0.2, 0.25) is 0 Å². The zero-order valence-electron chi connectivity index (χ0n) is 8.99. The third-order valence-corrected chi connectivity index (χ3v) is 4.93. The van der Waals surface area contributed by atoms with Crippen molar-refractivity contribution in [2.24, 2.45) is 7.05 Å². The number of nitrogens with zero attached hydrogens (tertiary/aromatic N) is 2. The molecule has 8 heteroatoms. The molecular weight excluding hydrogens is 262 g/mol. The third kappa shape index (κ3) is 2.65. The Morgan fingerprint density at radius 2 is 2.24 bits per heavy atom. The van der Waals surface area contributed by atoms with Gasteiger partial charge in [0, 0.05) is 24.2 Å². The average Bonchev–Trinajstić information content (AvgIpc) is 2.86. The molecule has 0 amide bonds. The molecule has 2 aromatic rings. The number of aryl methyl sites for hydroxylation is 1. The molecule has 0 spiro atoms. The first-order valence-corrected chi connectivity index (χ1v) is 7.03. The number of anilines is 1. The minimum absolute atomic E-state index is 0.159. The van der Waals surface area contributed by atoms with Gasteiger partial charge in [0.05, 0.1) is 6.61 Å². The lowest BCUT2D eigenvalue weighted by molar-refractivity contribution is 0.285.